The zero-order valence-electron chi connectivity index (χ0n) is 6.62. The van der Waals surface area contributed by atoms with Gasteiger partial charge < -0.3 is 5.11 Å². The van der Waals surface area contributed by atoms with Crippen LogP contribution in [0.25, 0.3) is 11.4 Å². The van der Waals surface area contributed by atoms with Crippen molar-refractivity contribution in [1.82, 2.24) is 20.2 Å². The molecule has 0 aromatic carbocycles. The van der Waals surface area contributed by atoms with Gasteiger partial charge in [0, 0.05) is 17.8 Å². The van der Waals surface area contributed by atoms with Crippen molar-refractivity contribution in [2.45, 2.75) is 0 Å². The van der Waals surface area contributed by atoms with E-state index in [1.165, 1.54) is 18.5 Å². The molecule has 0 unspecified atom stereocenters. The molecule has 2 aromatic rings. The van der Waals surface area contributed by atoms with Crippen LogP contribution in [-0.2, 0) is 0 Å². The number of rotatable bonds is 1. The molecule has 2 rings (SSSR count). The van der Waals surface area contributed by atoms with Gasteiger partial charge in [-0.25, -0.2) is 4.98 Å². The van der Waals surface area contributed by atoms with Crippen LogP contribution in [0.15, 0.2) is 30.7 Å². The number of hydrogen-bond donors (Lipinski definition) is 1. The molecule has 0 saturated heterocycles. The number of hydrogen-bond acceptors (Lipinski definition) is 5. The van der Waals surface area contributed by atoms with Crippen LogP contribution in [0.4, 0.5) is 0 Å². The third-order valence-electron chi connectivity index (χ3n) is 1.48. The van der Waals surface area contributed by atoms with Gasteiger partial charge in [0.1, 0.15) is 0 Å². The Hall–Kier alpha value is -2.04. The van der Waals surface area contributed by atoms with E-state index in [1.807, 2.05) is 0 Å². The van der Waals surface area contributed by atoms with E-state index in [0.717, 1.165) is 5.56 Å². The molecule has 0 radical (unpaired) electrons. The topological polar surface area (TPSA) is 71.8 Å². The number of nitrogens with zero attached hydrogens (tertiary/aromatic N) is 4. The molecular formula is C8H6N4O. The van der Waals surface area contributed by atoms with E-state index in [4.69, 9.17) is 5.11 Å². The molecule has 64 valence electrons. The summed E-state index contributed by atoms with van der Waals surface area (Å²) < 4.78 is 0. The first-order valence-corrected chi connectivity index (χ1v) is 3.65. The van der Waals surface area contributed by atoms with Gasteiger partial charge in [0.05, 0.1) is 12.4 Å². The quantitative estimate of drug-likeness (QED) is 0.686. The largest absolute Gasteiger partial charge is 0.493 e. The third-order valence-corrected chi connectivity index (χ3v) is 1.48. The first-order valence-electron chi connectivity index (χ1n) is 3.65. The Kier molecular flexibility index (Phi) is 1.84. The fourth-order valence-electron chi connectivity index (χ4n) is 0.911. The maximum atomic E-state index is 9.09. The van der Waals surface area contributed by atoms with Crippen LogP contribution in [0, 0.1) is 0 Å². The summed E-state index contributed by atoms with van der Waals surface area (Å²) in [5.74, 6) is 0.386. The normalized spacial score (nSPS) is 9.85. The lowest BCUT2D eigenvalue weighted by atomic mass is 10.3. The van der Waals surface area contributed by atoms with Crippen LogP contribution in [0.1, 0.15) is 0 Å². The molecule has 1 N–H and O–H groups in total. The minimum absolute atomic E-state index is 0.0539. The van der Waals surface area contributed by atoms with E-state index in [-0.39, 0.29) is 5.88 Å². The molecule has 0 bridgehead atoms. The van der Waals surface area contributed by atoms with E-state index < -0.39 is 0 Å². The van der Waals surface area contributed by atoms with Crippen LogP contribution in [0.5, 0.6) is 5.88 Å². The third kappa shape index (κ3) is 1.58. The Morgan fingerprint density at radius 1 is 1.08 bits per heavy atom. The van der Waals surface area contributed by atoms with Crippen LogP contribution in [-0.4, -0.2) is 25.3 Å². The van der Waals surface area contributed by atoms with Crippen LogP contribution in [0.3, 0.4) is 0 Å². The number of aromatic nitrogens is 4. The Balaban J connectivity index is 2.48. The molecule has 0 saturated carbocycles. The van der Waals surface area contributed by atoms with Gasteiger partial charge in [-0.15, -0.1) is 0 Å². The van der Waals surface area contributed by atoms with Gasteiger partial charge in [0.25, 0.3) is 0 Å². The van der Waals surface area contributed by atoms with Gasteiger partial charge in [-0.05, 0) is 6.07 Å². The molecule has 0 amide bonds. The van der Waals surface area contributed by atoms with Crippen LogP contribution in [0.2, 0.25) is 0 Å². The summed E-state index contributed by atoms with van der Waals surface area (Å²) in [6.45, 7) is 0. The average molecular weight is 174 g/mol. The molecular weight excluding hydrogens is 168 g/mol. The Morgan fingerprint density at radius 2 is 2.00 bits per heavy atom. The first-order chi connectivity index (χ1) is 6.36. The van der Waals surface area contributed by atoms with Gasteiger partial charge in [0.2, 0.25) is 5.88 Å². The molecule has 5 nitrogen and oxygen atoms in total. The lowest BCUT2D eigenvalue weighted by Crippen LogP contribution is -1.89. The molecule has 0 fully saturated rings. The highest BCUT2D eigenvalue weighted by Crippen LogP contribution is 2.13. The Bertz CT molecular complexity index is 404. The summed E-state index contributed by atoms with van der Waals surface area (Å²) in [6, 6.07) is 3.14. The zero-order chi connectivity index (χ0) is 9.10. The van der Waals surface area contributed by atoms with Gasteiger partial charge in [-0.3, -0.25) is 0 Å². The number of aromatic hydroxyl groups is 1. The smallest absolute Gasteiger partial charge is 0.214 e. The monoisotopic (exact) mass is 174 g/mol. The molecule has 5 heteroatoms. The van der Waals surface area contributed by atoms with Crippen molar-refractivity contribution >= 4 is 0 Å². The van der Waals surface area contributed by atoms with E-state index in [9.17, 15) is 0 Å². The van der Waals surface area contributed by atoms with Crippen molar-refractivity contribution in [3.63, 3.8) is 0 Å². The molecule has 0 spiro atoms. The van der Waals surface area contributed by atoms with Crippen molar-refractivity contribution < 1.29 is 5.11 Å². The maximum absolute atomic E-state index is 9.09. The minimum atomic E-state index is -0.0539. The SMILES string of the molecule is Oc1ccnc(-c2ccnnc2)n1. The second-order valence-corrected chi connectivity index (χ2v) is 2.37. The van der Waals surface area contributed by atoms with Crippen molar-refractivity contribution in [3.05, 3.63) is 30.7 Å². The van der Waals surface area contributed by atoms with E-state index >= 15 is 0 Å². The predicted molar refractivity (Wildman–Crippen MR) is 44.7 cm³/mol. The highest BCUT2D eigenvalue weighted by atomic mass is 16.3. The van der Waals surface area contributed by atoms with E-state index in [2.05, 4.69) is 20.2 Å². The summed E-state index contributed by atoms with van der Waals surface area (Å²) in [4.78, 5) is 7.79. The summed E-state index contributed by atoms with van der Waals surface area (Å²) in [5, 5.41) is 16.4. The van der Waals surface area contributed by atoms with Crippen molar-refractivity contribution in [3.8, 4) is 17.3 Å². The lowest BCUT2D eigenvalue weighted by molar-refractivity contribution is 0.453. The summed E-state index contributed by atoms with van der Waals surface area (Å²) in [6.07, 6.45) is 4.57. The van der Waals surface area contributed by atoms with Crippen LogP contribution >= 0.6 is 0 Å². The van der Waals surface area contributed by atoms with Crippen molar-refractivity contribution in [2.75, 3.05) is 0 Å². The fraction of sp³-hybridized carbons (Fsp3) is 0. The maximum Gasteiger partial charge on any atom is 0.214 e. The van der Waals surface area contributed by atoms with Gasteiger partial charge in [0.15, 0.2) is 5.82 Å². The second-order valence-electron chi connectivity index (χ2n) is 2.37. The van der Waals surface area contributed by atoms with Gasteiger partial charge >= 0.3 is 0 Å². The second kappa shape index (κ2) is 3.14. The summed E-state index contributed by atoms with van der Waals surface area (Å²) in [5.41, 5.74) is 0.728. The average Bonchev–Trinajstić information content (AvgIpc) is 2.19. The molecule has 2 aromatic heterocycles. The van der Waals surface area contributed by atoms with Crippen molar-refractivity contribution in [1.29, 1.82) is 0 Å². The lowest BCUT2D eigenvalue weighted by Gasteiger charge is -1.97. The molecule has 0 aliphatic carbocycles. The highest BCUT2D eigenvalue weighted by Gasteiger charge is 2.00. The van der Waals surface area contributed by atoms with Gasteiger partial charge in [-0.2, -0.15) is 15.2 Å². The summed E-state index contributed by atoms with van der Waals surface area (Å²) >= 11 is 0. The Morgan fingerprint density at radius 3 is 2.69 bits per heavy atom. The molecule has 0 aliphatic heterocycles. The molecule has 13 heavy (non-hydrogen) atoms. The van der Waals surface area contributed by atoms with Crippen LogP contribution < -0.4 is 0 Å². The minimum Gasteiger partial charge on any atom is -0.493 e. The van der Waals surface area contributed by atoms with Gasteiger partial charge in [-0.1, -0.05) is 0 Å². The van der Waals surface area contributed by atoms with Crippen molar-refractivity contribution in [2.24, 2.45) is 0 Å². The first kappa shape index (κ1) is 7.60. The fourth-order valence-corrected chi connectivity index (χ4v) is 0.911. The molecule has 0 atom stereocenters. The van der Waals surface area contributed by atoms with E-state index in [1.54, 1.807) is 12.3 Å². The standard InChI is InChI=1S/C8H6N4O/c13-7-2-3-9-8(12-7)6-1-4-10-11-5-6/h1-5H,(H,9,12,13). The predicted octanol–water partition coefficient (Wildman–Crippen LogP) is 0.639. The molecule has 2 heterocycles. The van der Waals surface area contributed by atoms with E-state index in [0.29, 0.717) is 5.82 Å². The summed E-state index contributed by atoms with van der Waals surface area (Å²) in [7, 11) is 0. The Labute approximate surface area is 74.1 Å². The molecule has 0 aliphatic rings. The zero-order valence-corrected chi connectivity index (χ0v) is 6.62. The highest BCUT2D eigenvalue weighted by molar-refractivity contribution is 5.52.